The predicted octanol–water partition coefficient (Wildman–Crippen LogP) is 6.50. The van der Waals surface area contributed by atoms with E-state index < -0.39 is 0 Å². The van der Waals surface area contributed by atoms with Crippen LogP contribution in [0.1, 0.15) is 25.3 Å². The molecule has 2 nitrogen and oxygen atoms in total. The Morgan fingerprint density at radius 3 is 2.45 bits per heavy atom. The number of aromatic nitrogens is 1. The van der Waals surface area contributed by atoms with Crippen LogP contribution < -0.4 is 4.90 Å². The van der Waals surface area contributed by atoms with Gasteiger partial charge in [0.25, 0.3) is 0 Å². The molecule has 0 aliphatic rings. The average Bonchev–Trinajstić information content (AvgIpc) is 2.46. The quantitative estimate of drug-likeness (QED) is 0.534. The van der Waals surface area contributed by atoms with Crippen LogP contribution in [0.4, 0.5) is 5.69 Å². The van der Waals surface area contributed by atoms with Gasteiger partial charge in [-0.15, -0.1) is 0 Å². The molecule has 0 bridgehead atoms. The second kappa shape index (κ2) is 8.26. The lowest BCUT2D eigenvalue weighted by Gasteiger charge is -2.26. The Hall–Kier alpha value is -0.670. The van der Waals surface area contributed by atoms with Gasteiger partial charge in [0.1, 0.15) is 5.15 Å². The van der Waals surface area contributed by atoms with E-state index in [0.29, 0.717) is 26.9 Å². The molecule has 0 aliphatic carbocycles. The SMILES string of the molecule is CCCCN(Cc1ccc(Cl)cc1Cl)c1ccc(Cl)nc1Cl. The van der Waals surface area contributed by atoms with E-state index in [1.54, 1.807) is 12.1 Å². The lowest BCUT2D eigenvalue weighted by molar-refractivity contribution is 0.715. The zero-order valence-corrected chi connectivity index (χ0v) is 15.1. The first-order valence-corrected chi connectivity index (χ1v) is 8.53. The number of anilines is 1. The highest BCUT2D eigenvalue weighted by atomic mass is 35.5. The lowest BCUT2D eigenvalue weighted by Crippen LogP contribution is -2.24. The van der Waals surface area contributed by atoms with E-state index >= 15 is 0 Å². The Morgan fingerprint density at radius 1 is 1.05 bits per heavy atom. The largest absolute Gasteiger partial charge is 0.365 e. The zero-order chi connectivity index (χ0) is 16.1. The average molecular weight is 378 g/mol. The van der Waals surface area contributed by atoms with Gasteiger partial charge in [-0.1, -0.05) is 65.8 Å². The summed E-state index contributed by atoms with van der Waals surface area (Å²) < 4.78 is 0. The Bertz CT molecular complexity index is 646. The van der Waals surface area contributed by atoms with Gasteiger partial charge in [-0.3, -0.25) is 0 Å². The monoisotopic (exact) mass is 376 g/mol. The number of pyridine rings is 1. The molecule has 0 unspecified atom stereocenters. The van der Waals surface area contributed by atoms with Crippen LogP contribution in [-0.4, -0.2) is 11.5 Å². The van der Waals surface area contributed by atoms with Gasteiger partial charge in [0.2, 0.25) is 0 Å². The molecule has 6 heteroatoms. The molecule has 118 valence electrons. The van der Waals surface area contributed by atoms with Gasteiger partial charge in [-0.25, -0.2) is 4.98 Å². The summed E-state index contributed by atoms with van der Waals surface area (Å²) in [5.74, 6) is 0. The van der Waals surface area contributed by atoms with Crippen molar-refractivity contribution in [2.24, 2.45) is 0 Å². The summed E-state index contributed by atoms with van der Waals surface area (Å²) in [6.07, 6.45) is 2.13. The summed E-state index contributed by atoms with van der Waals surface area (Å²) >= 11 is 24.4. The lowest BCUT2D eigenvalue weighted by atomic mass is 10.2. The minimum absolute atomic E-state index is 0.383. The van der Waals surface area contributed by atoms with Crippen molar-refractivity contribution < 1.29 is 0 Å². The van der Waals surface area contributed by atoms with Crippen LogP contribution in [0.2, 0.25) is 20.4 Å². The number of halogens is 4. The third-order valence-corrected chi connectivity index (χ3v) is 4.37. The third kappa shape index (κ3) is 4.66. The number of hydrogen-bond acceptors (Lipinski definition) is 2. The molecular formula is C16H16Cl4N2. The summed E-state index contributed by atoms with van der Waals surface area (Å²) in [5.41, 5.74) is 1.85. The summed E-state index contributed by atoms with van der Waals surface area (Å²) in [7, 11) is 0. The van der Waals surface area contributed by atoms with Crippen LogP contribution in [0.5, 0.6) is 0 Å². The summed E-state index contributed by atoms with van der Waals surface area (Å²) in [4.78, 5) is 6.27. The van der Waals surface area contributed by atoms with Crippen LogP contribution in [0.3, 0.4) is 0 Å². The summed E-state index contributed by atoms with van der Waals surface area (Å²) in [6.45, 7) is 3.65. The number of hydrogen-bond donors (Lipinski definition) is 0. The number of unbranched alkanes of at least 4 members (excludes halogenated alkanes) is 1. The van der Waals surface area contributed by atoms with Crippen LogP contribution in [0.15, 0.2) is 30.3 Å². The second-order valence-electron chi connectivity index (χ2n) is 4.95. The number of rotatable bonds is 6. The molecule has 0 fully saturated rings. The first-order valence-electron chi connectivity index (χ1n) is 7.02. The first-order chi connectivity index (χ1) is 10.5. The van der Waals surface area contributed by atoms with Crippen LogP contribution in [0, 0.1) is 0 Å². The van der Waals surface area contributed by atoms with E-state index in [-0.39, 0.29) is 0 Å². The number of benzene rings is 1. The fourth-order valence-electron chi connectivity index (χ4n) is 2.13. The van der Waals surface area contributed by atoms with Crippen molar-refractivity contribution in [1.29, 1.82) is 0 Å². The Balaban J connectivity index is 2.29. The van der Waals surface area contributed by atoms with Crippen LogP contribution in [-0.2, 0) is 6.54 Å². The van der Waals surface area contributed by atoms with Gasteiger partial charge in [0.05, 0.1) is 5.69 Å². The fourth-order valence-corrected chi connectivity index (χ4v) is 3.06. The van der Waals surface area contributed by atoms with Gasteiger partial charge in [0, 0.05) is 23.1 Å². The Morgan fingerprint density at radius 2 is 1.82 bits per heavy atom. The van der Waals surface area contributed by atoms with Crippen molar-refractivity contribution in [2.45, 2.75) is 26.3 Å². The molecule has 1 aromatic carbocycles. The smallest absolute Gasteiger partial charge is 0.154 e. The maximum Gasteiger partial charge on any atom is 0.154 e. The van der Waals surface area contributed by atoms with Crippen molar-refractivity contribution in [3.8, 4) is 0 Å². The molecule has 0 amide bonds. The van der Waals surface area contributed by atoms with Gasteiger partial charge in [0.15, 0.2) is 5.15 Å². The highest BCUT2D eigenvalue weighted by Crippen LogP contribution is 2.29. The van der Waals surface area contributed by atoms with Crippen LogP contribution in [0.25, 0.3) is 0 Å². The van der Waals surface area contributed by atoms with E-state index in [0.717, 1.165) is 30.6 Å². The fraction of sp³-hybridized carbons (Fsp3) is 0.312. The molecule has 0 N–H and O–H groups in total. The van der Waals surface area contributed by atoms with Crippen molar-refractivity contribution in [3.05, 3.63) is 56.2 Å². The molecule has 2 rings (SSSR count). The zero-order valence-electron chi connectivity index (χ0n) is 12.1. The summed E-state index contributed by atoms with van der Waals surface area (Å²) in [6, 6.07) is 9.14. The second-order valence-corrected chi connectivity index (χ2v) is 6.54. The molecule has 1 aromatic heterocycles. The third-order valence-electron chi connectivity index (χ3n) is 3.29. The molecule has 0 atom stereocenters. The van der Waals surface area contributed by atoms with E-state index in [1.165, 1.54) is 0 Å². The van der Waals surface area contributed by atoms with Gasteiger partial charge in [-0.2, -0.15) is 0 Å². The molecule has 0 saturated heterocycles. The van der Waals surface area contributed by atoms with Crippen molar-refractivity contribution in [2.75, 3.05) is 11.4 Å². The molecule has 0 saturated carbocycles. The maximum atomic E-state index is 6.28. The maximum absolute atomic E-state index is 6.28. The molecule has 1 heterocycles. The molecule has 0 spiro atoms. The van der Waals surface area contributed by atoms with E-state index in [4.69, 9.17) is 46.4 Å². The molecule has 0 aliphatic heterocycles. The van der Waals surface area contributed by atoms with Gasteiger partial charge in [-0.05, 0) is 36.2 Å². The first kappa shape index (κ1) is 17.7. The summed E-state index contributed by atoms with van der Waals surface area (Å²) in [5, 5.41) is 2.05. The Kier molecular flexibility index (Phi) is 6.64. The van der Waals surface area contributed by atoms with Crippen molar-refractivity contribution in [3.63, 3.8) is 0 Å². The molecular weight excluding hydrogens is 362 g/mol. The highest BCUT2D eigenvalue weighted by molar-refractivity contribution is 6.35. The predicted molar refractivity (Wildman–Crippen MR) is 96.7 cm³/mol. The topological polar surface area (TPSA) is 16.1 Å². The standard InChI is InChI=1S/C16H16Cl4N2/c1-2-3-8-22(14-6-7-15(19)21-16(14)20)10-11-4-5-12(17)9-13(11)18/h4-7,9H,2-3,8,10H2,1H3. The molecule has 2 aromatic rings. The molecule has 22 heavy (non-hydrogen) atoms. The van der Waals surface area contributed by atoms with Gasteiger partial charge >= 0.3 is 0 Å². The number of nitrogens with zero attached hydrogens (tertiary/aromatic N) is 2. The Labute approximate surface area is 151 Å². The molecule has 0 radical (unpaired) electrons. The van der Waals surface area contributed by atoms with Gasteiger partial charge < -0.3 is 4.90 Å². The van der Waals surface area contributed by atoms with E-state index in [9.17, 15) is 0 Å². The minimum Gasteiger partial charge on any atom is -0.365 e. The normalized spacial score (nSPS) is 10.8. The van der Waals surface area contributed by atoms with E-state index in [2.05, 4.69) is 16.8 Å². The van der Waals surface area contributed by atoms with Crippen LogP contribution >= 0.6 is 46.4 Å². The van der Waals surface area contributed by atoms with Crippen molar-refractivity contribution >= 4 is 52.1 Å². The van der Waals surface area contributed by atoms with Crippen molar-refractivity contribution in [1.82, 2.24) is 4.98 Å². The minimum atomic E-state index is 0.383. The highest BCUT2D eigenvalue weighted by Gasteiger charge is 2.14. The van der Waals surface area contributed by atoms with E-state index in [1.807, 2.05) is 18.2 Å².